The smallest absolute Gasteiger partial charge is 0.112 e. The Morgan fingerprint density at radius 1 is 1.29 bits per heavy atom. The van der Waals surface area contributed by atoms with Crippen molar-refractivity contribution in [1.29, 1.82) is 0 Å². The average Bonchev–Trinajstić information content (AvgIpc) is 2.33. The first-order chi connectivity index (χ1) is 6.89. The molecule has 1 aliphatic carbocycles. The van der Waals surface area contributed by atoms with Crippen molar-refractivity contribution >= 4 is 0 Å². The second-order valence-corrected chi connectivity index (χ2v) is 4.34. The zero-order valence-corrected chi connectivity index (χ0v) is 8.15. The molecule has 2 saturated heterocycles. The number of fused-ring (bicyclic) bond motifs is 3. The van der Waals surface area contributed by atoms with Gasteiger partial charge in [-0.3, -0.25) is 9.97 Å². The van der Waals surface area contributed by atoms with Crippen LogP contribution >= 0.6 is 0 Å². The van der Waals surface area contributed by atoms with Crippen molar-refractivity contribution in [1.82, 2.24) is 9.97 Å². The summed E-state index contributed by atoms with van der Waals surface area (Å²) in [6, 6.07) is 0. The van der Waals surface area contributed by atoms with Crippen LogP contribution in [0.25, 0.3) is 0 Å². The molecule has 4 rings (SSSR count). The van der Waals surface area contributed by atoms with Crippen molar-refractivity contribution in [2.24, 2.45) is 5.92 Å². The summed E-state index contributed by atoms with van der Waals surface area (Å²) in [7, 11) is 0. The SMILES string of the molecule is c1cnc(C23CCC(CC2)CO3)cn1. The van der Waals surface area contributed by atoms with Gasteiger partial charge in [0, 0.05) is 12.4 Å². The molecule has 0 atom stereocenters. The van der Waals surface area contributed by atoms with Gasteiger partial charge in [-0.25, -0.2) is 0 Å². The molecule has 14 heavy (non-hydrogen) atoms. The van der Waals surface area contributed by atoms with E-state index in [9.17, 15) is 0 Å². The highest BCUT2D eigenvalue weighted by molar-refractivity contribution is 5.12. The second kappa shape index (κ2) is 3.02. The molecule has 0 aromatic carbocycles. The van der Waals surface area contributed by atoms with Crippen molar-refractivity contribution < 1.29 is 4.74 Å². The molecular formula is C11H14N2O. The lowest BCUT2D eigenvalue weighted by molar-refractivity contribution is -0.152. The monoisotopic (exact) mass is 190 g/mol. The average molecular weight is 190 g/mol. The van der Waals surface area contributed by atoms with Gasteiger partial charge in [-0.15, -0.1) is 0 Å². The lowest BCUT2D eigenvalue weighted by Gasteiger charge is -2.45. The van der Waals surface area contributed by atoms with Crippen molar-refractivity contribution in [2.45, 2.75) is 31.3 Å². The van der Waals surface area contributed by atoms with E-state index in [0.717, 1.165) is 31.1 Å². The molecule has 3 heterocycles. The van der Waals surface area contributed by atoms with Gasteiger partial charge in [-0.05, 0) is 31.6 Å². The van der Waals surface area contributed by atoms with E-state index in [4.69, 9.17) is 4.74 Å². The zero-order chi connectivity index (χ0) is 9.43. The number of hydrogen-bond acceptors (Lipinski definition) is 3. The maximum Gasteiger partial charge on any atom is 0.112 e. The Morgan fingerprint density at radius 2 is 2.14 bits per heavy atom. The molecular weight excluding hydrogens is 176 g/mol. The van der Waals surface area contributed by atoms with Crippen LogP contribution in [-0.2, 0) is 10.3 Å². The number of nitrogens with zero attached hydrogens (tertiary/aromatic N) is 2. The van der Waals surface area contributed by atoms with E-state index in [0.29, 0.717) is 0 Å². The first kappa shape index (κ1) is 8.36. The molecule has 2 bridgehead atoms. The summed E-state index contributed by atoms with van der Waals surface area (Å²) in [6.07, 6.45) is 10.1. The standard InChI is InChI=1S/C11H14N2O/c1-3-11(4-2-9(1)8-14-11)10-7-12-5-6-13-10/h5-7,9H,1-4,8H2. The molecule has 1 aromatic heterocycles. The van der Waals surface area contributed by atoms with Crippen LogP contribution in [0.2, 0.25) is 0 Å². The molecule has 0 spiro atoms. The number of rotatable bonds is 1. The minimum atomic E-state index is -0.0942. The summed E-state index contributed by atoms with van der Waals surface area (Å²) in [5.74, 6) is 0.800. The van der Waals surface area contributed by atoms with Gasteiger partial charge in [-0.2, -0.15) is 0 Å². The Hall–Kier alpha value is -0.960. The summed E-state index contributed by atoms with van der Waals surface area (Å²) in [4.78, 5) is 8.51. The van der Waals surface area contributed by atoms with Gasteiger partial charge in [0.2, 0.25) is 0 Å². The van der Waals surface area contributed by atoms with Crippen LogP contribution < -0.4 is 0 Å². The van der Waals surface area contributed by atoms with E-state index in [1.807, 2.05) is 6.20 Å². The molecule has 0 amide bonds. The van der Waals surface area contributed by atoms with Crippen LogP contribution in [-0.4, -0.2) is 16.6 Å². The lowest BCUT2D eigenvalue weighted by Crippen LogP contribution is -2.43. The Balaban J connectivity index is 1.96. The third kappa shape index (κ3) is 1.16. The maximum atomic E-state index is 5.95. The summed E-state index contributed by atoms with van der Waals surface area (Å²) in [6.45, 7) is 0.913. The van der Waals surface area contributed by atoms with Gasteiger partial charge in [0.25, 0.3) is 0 Å². The minimum Gasteiger partial charge on any atom is -0.368 e. The van der Waals surface area contributed by atoms with E-state index >= 15 is 0 Å². The second-order valence-electron chi connectivity index (χ2n) is 4.34. The van der Waals surface area contributed by atoms with Gasteiger partial charge in [-0.1, -0.05) is 0 Å². The topological polar surface area (TPSA) is 35.0 Å². The Labute approximate surface area is 83.5 Å². The Morgan fingerprint density at radius 3 is 2.71 bits per heavy atom. The molecule has 3 nitrogen and oxygen atoms in total. The zero-order valence-electron chi connectivity index (χ0n) is 8.15. The first-order valence-corrected chi connectivity index (χ1v) is 5.29. The predicted molar refractivity (Wildman–Crippen MR) is 51.6 cm³/mol. The molecule has 0 radical (unpaired) electrons. The van der Waals surface area contributed by atoms with E-state index < -0.39 is 0 Å². The van der Waals surface area contributed by atoms with E-state index in [1.165, 1.54) is 12.8 Å². The minimum absolute atomic E-state index is 0.0942. The van der Waals surface area contributed by atoms with Gasteiger partial charge < -0.3 is 4.74 Å². The quantitative estimate of drug-likeness (QED) is 0.678. The van der Waals surface area contributed by atoms with E-state index in [1.54, 1.807) is 12.4 Å². The van der Waals surface area contributed by atoms with Crippen LogP contribution in [0, 0.1) is 5.92 Å². The highest BCUT2D eigenvalue weighted by Crippen LogP contribution is 2.46. The molecule has 2 aliphatic heterocycles. The molecule has 0 N–H and O–H groups in total. The Kier molecular flexibility index (Phi) is 1.80. The van der Waals surface area contributed by atoms with Gasteiger partial charge in [0.05, 0.1) is 18.5 Å². The molecule has 74 valence electrons. The fourth-order valence-electron chi connectivity index (χ4n) is 2.60. The fourth-order valence-corrected chi connectivity index (χ4v) is 2.60. The summed E-state index contributed by atoms with van der Waals surface area (Å²) < 4.78 is 5.95. The van der Waals surface area contributed by atoms with Crippen LogP contribution in [0.4, 0.5) is 0 Å². The van der Waals surface area contributed by atoms with Gasteiger partial charge in [0.1, 0.15) is 5.60 Å². The molecule has 1 saturated carbocycles. The molecule has 3 aliphatic rings. The maximum absolute atomic E-state index is 5.95. The third-order valence-electron chi connectivity index (χ3n) is 3.54. The molecule has 0 unspecified atom stereocenters. The molecule has 3 heteroatoms. The molecule has 1 aromatic rings. The van der Waals surface area contributed by atoms with E-state index in [2.05, 4.69) is 9.97 Å². The van der Waals surface area contributed by atoms with Crippen molar-refractivity contribution in [3.05, 3.63) is 24.3 Å². The first-order valence-electron chi connectivity index (χ1n) is 5.29. The third-order valence-corrected chi connectivity index (χ3v) is 3.54. The van der Waals surface area contributed by atoms with E-state index in [-0.39, 0.29) is 5.60 Å². The van der Waals surface area contributed by atoms with Crippen molar-refractivity contribution in [3.8, 4) is 0 Å². The Bertz CT molecular complexity index is 304. The van der Waals surface area contributed by atoms with Crippen LogP contribution in [0.3, 0.4) is 0 Å². The molecule has 3 fully saturated rings. The van der Waals surface area contributed by atoms with Crippen LogP contribution in [0.1, 0.15) is 31.4 Å². The van der Waals surface area contributed by atoms with Crippen molar-refractivity contribution in [3.63, 3.8) is 0 Å². The summed E-state index contributed by atoms with van der Waals surface area (Å²) in [5, 5.41) is 0. The largest absolute Gasteiger partial charge is 0.368 e. The van der Waals surface area contributed by atoms with Gasteiger partial charge >= 0.3 is 0 Å². The van der Waals surface area contributed by atoms with Gasteiger partial charge in [0.15, 0.2) is 0 Å². The summed E-state index contributed by atoms with van der Waals surface area (Å²) >= 11 is 0. The lowest BCUT2D eigenvalue weighted by atomic mass is 9.74. The number of ether oxygens (including phenoxy) is 1. The fraction of sp³-hybridized carbons (Fsp3) is 0.636. The predicted octanol–water partition coefficient (Wildman–Crippen LogP) is 1.89. The van der Waals surface area contributed by atoms with Crippen LogP contribution in [0.15, 0.2) is 18.6 Å². The number of hydrogen-bond donors (Lipinski definition) is 0. The van der Waals surface area contributed by atoms with Crippen molar-refractivity contribution in [2.75, 3.05) is 6.61 Å². The normalized spacial score (nSPS) is 35.9. The van der Waals surface area contributed by atoms with Crippen LogP contribution in [0.5, 0.6) is 0 Å². The highest BCUT2D eigenvalue weighted by atomic mass is 16.5. The summed E-state index contributed by atoms with van der Waals surface area (Å²) in [5.41, 5.74) is 0.932. The highest BCUT2D eigenvalue weighted by Gasteiger charge is 2.43. The number of aromatic nitrogens is 2.